The molecule has 0 bridgehead atoms. The number of hydrogen-bond acceptors (Lipinski definition) is 5. The van der Waals surface area contributed by atoms with Crippen molar-refractivity contribution in [3.8, 4) is 0 Å². The van der Waals surface area contributed by atoms with Crippen LogP contribution < -0.4 is 16.0 Å². The lowest BCUT2D eigenvalue weighted by atomic mass is 10.1. The van der Waals surface area contributed by atoms with Gasteiger partial charge >= 0.3 is 0 Å². The molecule has 0 radical (unpaired) electrons. The van der Waals surface area contributed by atoms with Crippen molar-refractivity contribution in [2.24, 2.45) is 5.73 Å². The van der Waals surface area contributed by atoms with Crippen molar-refractivity contribution in [3.05, 3.63) is 90.0 Å². The van der Waals surface area contributed by atoms with Crippen molar-refractivity contribution in [1.29, 1.82) is 0 Å². The minimum absolute atomic E-state index is 0.0800. The molecule has 1 unspecified atom stereocenters. The van der Waals surface area contributed by atoms with Crippen LogP contribution in [0.15, 0.2) is 83.8 Å². The smallest absolute Gasteiger partial charge is 0.248 e. The van der Waals surface area contributed by atoms with Crippen LogP contribution in [0.2, 0.25) is 0 Å². The number of rotatable bonds is 7. The van der Waals surface area contributed by atoms with Gasteiger partial charge in [-0.15, -0.1) is 11.8 Å². The third-order valence-electron chi connectivity index (χ3n) is 5.14. The summed E-state index contributed by atoms with van der Waals surface area (Å²) in [5, 5.41) is 2.31. The summed E-state index contributed by atoms with van der Waals surface area (Å²) in [5.41, 5.74) is 7.54. The number of primary amides is 1. The summed E-state index contributed by atoms with van der Waals surface area (Å²) in [7, 11) is 0. The zero-order chi connectivity index (χ0) is 23.4. The first-order valence-corrected chi connectivity index (χ1v) is 11.2. The molecule has 1 saturated heterocycles. The molecule has 1 fully saturated rings. The summed E-state index contributed by atoms with van der Waals surface area (Å²) >= 11 is 1.30. The van der Waals surface area contributed by atoms with E-state index in [0.29, 0.717) is 16.9 Å². The number of hydrogen-bond donors (Lipinski definition) is 2. The van der Waals surface area contributed by atoms with E-state index in [0.717, 1.165) is 15.4 Å². The largest absolute Gasteiger partial charge is 0.366 e. The van der Waals surface area contributed by atoms with E-state index in [1.165, 1.54) is 36.0 Å². The molecule has 1 aliphatic rings. The van der Waals surface area contributed by atoms with Crippen molar-refractivity contribution in [2.45, 2.75) is 23.0 Å². The molecule has 0 aliphatic carbocycles. The van der Waals surface area contributed by atoms with Crippen LogP contribution in [-0.2, 0) is 20.8 Å². The monoisotopic (exact) mass is 459 g/mol. The summed E-state index contributed by atoms with van der Waals surface area (Å²) in [6, 6.07) is 22.7. The highest BCUT2D eigenvalue weighted by Crippen LogP contribution is 2.34. The molecule has 4 rings (SSSR count). The minimum Gasteiger partial charge on any atom is -0.366 e. The number of benzene rings is 3. The molecule has 0 saturated carbocycles. The molecule has 3 aromatic carbocycles. The number of nitrogens with one attached hydrogen (secondary N) is 1. The first-order valence-electron chi connectivity index (χ1n) is 10.3. The maximum absolute atomic E-state index is 12.9. The lowest BCUT2D eigenvalue weighted by Crippen LogP contribution is -2.31. The SMILES string of the molecule is NC(=O)c1ccc(N2C(=O)CC(Sc3ccc(NC(=O)Cc4ccccc4)cc3)C2=O)cc1. The van der Waals surface area contributed by atoms with Crippen molar-refractivity contribution in [1.82, 2.24) is 0 Å². The fourth-order valence-corrected chi connectivity index (χ4v) is 4.56. The van der Waals surface area contributed by atoms with Crippen molar-refractivity contribution in [2.75, 3.05) is 10.2 Å². The second-order valence-corrected chi connectivity index (χ2v) is 8.80. The van der Waals surface area contributed by atoms with Gasteiger partial charge in [-0.25, -0.2) is 4.90 Å². The highest BCUT2D eigenvalue weighted by Gasteiger charge is 2.40. The van der Waals surface area contributed by atoms with Gasteiger partial charge in [0.2, 0.25) is 23.6 Å². The molecule has 0 aromatic heterocycles. The Balaban J connectivity index is 1.37. The van der Waals surface area contributed by atoms with E-state index in [-0.39, 0.29) is 30.6 Å². The summed E-state index contributed by atoms with van der Waals surface area (Å²) < 4.78 is 0. The van der Waals surface area contributed by atoms with E-state index in [9.17, 15) is 19.2 Å². The highest BCUT2D eigenvalue weighted by molar-refractivity contribution is 8.00. The molecule has 166 valence electrons. The van der Waals surface area contributed by atoms with Gasteiger partial charge in [0.05, 0.1) is 17.4 Å². The molecule has 0 spiro atoms. The Hall–Kier alpha value is -3.91. The van der Waals surface area contributed by atoms with E-state index < -0.39 is 11.2 Å². The first kappa shape index (κ1) is 22.3. The minimum atomic E-state index is -0.575. The van der Waals surface area contributed by atoms with Crippen LogP contribution in [0.4, 0.5) is 11.4 Å². The third kappa shape index (κ3) is 5.30. The number of carbonyl (C=O) groups is 4. The molecule has 33 heavy (non-hydrogen) atoms. The van der Waals surface area contributed by atoms with Crippen molar-refractivity contribution >= 4 is 46.8 Å². The van der Waals surface area contributed by atoms with E-state index in [1.807, 2.05) is 42.5 Å². The number of imide groups is 1. The van der Waals surface area contributed by atoms with Crippen LogP contribution in [0.5, 0.6) is 0 Å². The average Bonchev–Trinajstić information content (AvgIpc) is 3.08. The molecule has 3 N–H and O–H groups in total. The van der Waals surface area contributed by atoms with Gasteiger partial charge in [-0.05, 0) is 54.1 Å². The zero-order valence-electron chi connectivity index (χ0n) is 17.6. The number of thioether (sulfide) groups is 1. The van der Waals surface area contributed by atoms with Crippen molar-refractivity contribution < 1.29 is 19.2 Å². The Kier molecular flexibility index (Phi) is 6.55. The molecule has 1 heterocycles. The maximum Gasteiger partial charge on any atom is 0.248 e. The van der Waals surface area contributed by atoms with Crippen molar-refractivity contribution in [3.63, 3.8) is 0 Å². The lowest BCUT2D eigenvalue weighted by Gasteiger charge is -2.15. The van der Waals surface area contributed by atoms with Gasteiger partial charge in [0, 0.05) is 22.6 Å². The second-order valence-electron chi connectivity index (χ2n) is 7.52. The standard InChI is InChI=1S/C25H21N3O4S/c26-24(31)17-6-10-19(11-7-17)28-23(30)15-21(25(28)32)33-20-12-8-18(9-13-20)27-22(29)14-16-4-2-1-3-5-16/h1-13,21H,14-15H2,(H2,26,31)(H,27,29). The Morgan fingerprint density at radius 2 is 1.61 bits per heavy atom. The van der Waals surface area contributed by atoms with Crippen LogP contribution in [0.3, 0.4) is 0 Å². The molecule has 4 amide bonds. The van der Waals surface area contributed by atoms with E-state index in [4.69, 9.17) is 5.73 Å². The fraction of sp³-hybridized carbons (Fsp3) is 0.120. The topological polar surface area (TPSA) is 110 Å². The van der Waals surface area contributed by atoms with E-state index >= 15 is 0 Å². The fourth-order valence-electron chi connectivity index (χ4n) is 3.51. The molecular formula is C25H21N3O4S. The van der Waals surface area contributed by atoms with E-state index in [1.54, 1.807) is 12.1 Å². The van der Waals surface area contributed by atoms with Crippen LogP contribution in [0, 0.1) is 0 Å². The number of carbonyl (C=O) groups excluding carboxylic acids is 4. The molecular weight excluding hydrogens is 438 g/mol. The molecule has 8 heteroatoms. The summed E-state index contributed by atoms with van der Waals surface area (Å²) in [6.07, 6.45) is 0.364. The summed E-state index contributed by atoms with van der Waals surface area (Å²) in [4.78, 5) is 50.8. The normalized spacial score (nSPS) is 15.5. The number of nitrogens with two attached hydrogens (primary N) is 1. The number of amides is 4. The Morgan fingerprint density at radius 3 is 2.24 bits per heavy atom. The van der Waals surface area contributed by atoms with Crippen LogP contribution in [-0.4, -0.2) is 28.9 Å². The Bertz CT molecular complexity index is 1190. The van der Waals surface area contributed by atoms with Gasteiger partial charge in [0.1, 0.15) is 0 Å². The predicted octanol–water partition coefficient (Wildman–Crippen LogP) is 3.39. The van der Waals surface area contributed by atoms with Gasteiger partial charge in [-0.2, -0.15) is 0 Å². The molecule has 1 atom stereocenters. The number of anilines is 2. The zero-order valence-corrected chi connectivity index (χ0v) is 18.4. The molecule has 1 aliphatic heterocycles. The van der Waals surface area contributed by atoms with Crippen LogP contribution in [0.25, 0.3) is 0 Å². The average molecular weight is 460 g/mol. The molecule has 7 nitrogen and oxygen atoms in total. The first-order chi connectivity index (χ1) is 15.9. The van der Waals surface area contributed by atoms with Gasteiger partial charge in [0.25, 0.3) is 0 Å². The maximum atomic E-state index is 12.9. The van der Waals surface area contributed by atoms with Gasteiger partial charge < -0.3 is 11.1 Å². The predicted molar refractivity (Wildman–Crippen MR) is 127 cm³/mol. The number of nitrogens with zero attached hydrogens (tertiary/aromatic N) is 1. The molecule has 3 aromatic rings. The van der Waals surface area contributed by atoms with Crippen LogP contribution >= 0.6 is 11.8 Å². The van der Waals surface area contributed by atoms with Gasteiger partial charge in [-0.1, -0.05) is 30.3 Å². The Labute approximate surface area is 195 Å². The van der Waals surface area contributed by atoms with E-state index in [2.05, 4.69) is 5.32 Å². The second kappa shape index (κ2) is 9.70. The quantitative estimate of drug-likeness (QED) is 0.527. The van der Waals surface area contributed by atoms with Gasteiger partial charge in [0.15, 0.2) is 0 Å². The Morgan fingerprint density at radius 1 is 0.939 bits per heavy atom. The summed E-state index contributed by atoms with van der Waals surface area (Å²) in [5.74, 6) is -1.30. The lowest BCUT2D eigenvalue weighted by molar-refractivity contribution is -0.121. The van der Waals surface area contributed by atoms with Crippen LogP contribution in [0.1, 0.15) is 22.3 Å². The highest BCUT2D eigenvalue weighted by atomic mass is 32.2. The third-order valence-corrected chi connectivity index (χ3v) is 6.34. The summed E-state index contributed by atoms with van der Waals surface area (Å²) in [6.45, 7) is 0. The van der Waals surface area contributed by atoms with Gasteiger partial charge in [-0.3, -0.25) is 19.2 Å².